The minimum Gasteiger partial charge on any atom is -0.0885 e. The van der Waals surface area contributed by atoms with Crippen molar-refractivity contribution in [1.82, 2.24) is 0 Å². The van der Waals surface area contributed by atoms with E-state index >= 15 is 0 Å². The van der Waals surface area contributed by atoms with E-state index < -0.39 is 0 Å². The lowest BCUT2D eigenvalue weighted by Gasteiger charge is -1.93. The van der Waals surface area contributed by atoms with Crippen molar-refractivity contribution in [2.75, 3.05) is 0 Å². The molecule has 0 aromatic heterocycles. The minimum atomic E-state index is 1.22. The van der Waals surface area contributed by atoms with E-state index in [0.29, 0.717) is 0 Å². The Kier molecular flexibility index (Phi) is 5.35. The Morgan fingerprint density at radius 3 is 1.42 bits per heavy atom. The highest BCUT2D eigenvalue weighted by molar-refractivity contribution is 5.02. The zero-order chi connectivity index (χ0) is 8.49. The van der Waals surface area contributed by atoms with Crippen LogP contribution in [0.25, 0.3) is 0 Å². The first kappa shape index (κ1) is 9.31. The molecule has 0 aromatic rings. The van der Waals surface area contributed by atoms with Gasteiger partial charge in [0, 0.05) is 0 Å². The van der Waals surface area contributed by atoms with Crippen molar-refractivity contribution in [3.05, 3.63) is 36.5 Å². The first-order valence-electron chi connectivity index (χ1n) is 4.97. The van der Waals surface area contributed by atoms with Gasteiger partial charge in [0.15, 0.2) is 0 Å². The van der Waals surface area contributed by atoms with Gasteiger partial charge in [0.2, 0.25) is 0 Å². The van der Waals surface area contributed by atoms with Gasteiger partial charge < -0.3 is 0 Å². The smallest absolute Gasteiger partial charge is 0.0345 e. The van der Waals surface area contributed by atoms with Crippen LogP contribution in [0.2, 0.25) is 0 Å². The lowest BCUT2D eigenvalue weighted by atomic mass is 10.1. The maximum absolute atomic E-state index is 2.32. The van der Waals surface area contributed by atoms with E-state index in [1.165, 1.54) is 38.5 Å². The van der Waals surface area contributed by atoms with E-state index in [0.717, 1.165) is 0 Å². The van der Waals surface area contributed by atoms with Crippen molar-refractivity contribution < 1.29 is 0 Å². The molecular weight excluding hydrogens is 144 g/mol. The summed E-state index contributed by atoms with van der Waals surface area (Å²) in [7, 11) is 0. The van der Waals surface area contributed by atoms with Crippen molar-refractivity contribution in [2.45, 2.75) is 38.5 Å². The summed E-state index contributed by atoms with van der Waals surface area (Å²) in [5.74, 6) is 0. The Morgan fingerprint density at radius 1 is 0.500 bits per heavy atom. The Balaban J connectivity index is 2.30. The van der Waals surface area contributed by atoms with Crippen molar-refractivity contribution in [3.8, 4) is 0 Å². The molecule has 0 fully saturated rings. The molecule has 12 heavy (non-hydrogen) atoms. The molecule has 0 atom stereocenters. The van der Waals surface area contributed by atoms with E-state index in [9.17, 15) is 0 Å². The second-order valence-corrected chi connectivity index (χ2v) is 3.19. The second kappa shape index (κ2) is 6.90. The standard InChI is InChI=1S/C12H18/c1-2-4-6-8-10-12-11-9-7-5-3-1/h1-4,11-12H,5-10H2/b3-1?,4-2?,12-11-. The van der Waals surface area contributed by atoms with Gasteiger partial charge in [-0.2, -0.15) is 0 Å². The molecule has 1 rings (SSSR count). The fraction of sp³-hybridized carbons (Fsp3) is 0.500. The summed E-state index contributed by atoms with van der Waals surface area (Å²) in [5.41, 5.74) is 0. The van der Waals surface area contributed by atoms with Crippen molar-refractivity contribution in [3.63, 3.8) is 0 Å². The average Bonchev–Trinajstić information content (AvgIpc) is 2.05. The third kappa shape index (κ3) is 4.95. The van der Waals surface area contributed by atoms with E-state index in [2.05, 4.69) is 36.5 Å². The van der Waals surface area contributed by atoms with Crippen molar-refractivity contribution in [1.29, 1.82) is 0 Å². The van der Waals surface area contributed by atoms with Crippen LogP contribution in [0.1, 0.15) is 38.5 Å². The van der Waals surface area contributed by atoms with Crippen LogP contribution in [0.15, 0.2) is 36.5 Å². The third-order valence-electron chi connectivity index (χ3n) is 2.03. The summed E-state index contributed by atoms with van der Waals surface area (Å²) in [6, 6.07) is 0. The molecule has 0 aromatic carbocycles. The van der Waals surface area contributed by atoms with Gasteiger partial charge in [-0.25, -0.2) is 0 Å². The summed E-state index contributed by atoms with van der Waals surface area (Å²) in [6.45, 7) is 0. The van der Waals surface area contributed by atoms with Crippen molar-refractivity contribution >= 4 is 0 Å². The maximum Gasteiger partial charge on any atom is -0.0345 e. The summed E-state index contributed by atoms with van der Waals surface area (Å²) < 4.78 is 0. The van der Waals surface area contributed by atoms with Crippen molar-refractivity contribution in [2.24, 2.45) is 0 Å². The fourth-order valence-corrected chi connectivity index (χ4v) is 1.29. The first-order chi connectivity index (χ1) is 6.00. The van der Waals surface area contributed by atoms with Gasteiger partial charge in [0.25, 0.3) is 0 Å². The van der Waals surface area contributed by atoms with E-state index in [4.69, 9.17) is 0 Å². The number of hydrogen-bond donors (Lipinski definition) is 0. The molecule has 0 saturated heterocycles. The molecule has 66 valence electrons. The largest absolute Gasteiger partial charge is 0.0885 e. The quantitative estimate of drug-likeness (QED) is 0.472. The van der Waals surface area contributed by atoms with Crippen LogP contribution >= 0.6 is 0 Å². The maximum atomic E-state index is 2.32. The molecule has 0 heterocycles. The number of allylic oxidation sites excluding steroid dienone is 6. The molecular formula is C12H18. The minimum absolute atomic E-state index is 1.22. The Bertz CT molecular complexity index is 152. The molecule has 0 saturated carbocycles. The molecule has 0 amide bonds. The van der Waals surface area contributed by atoms with Crippen LogP contribution in [0.3, 0.4) is 0 Å². The summed E-state index contributed by atoms with van der Waals surface area (Å²) in [5, 5.41) is 0. The normalized spacial score (nSPS) is 22.7. The van der Waals surface area contributed by atoms with Gasteiger partial charge >= 0.3 is 0 Å². The average molecular weight is 162 g/mol. The highest BCUT2D eigenvalue weighted by atomic mass is 13.9. The van der Waals surface area contributed by atoms with E-state index in [-0.39, 0.29) is 0 Å². The monoisotopic (exact) mass is 162 g/mol. The predicted octanol–water partition coefficient (Wildman–Crippen LogP) is 4.01. The second-order valence-electron chi connectivity index (χ2n) is 3.19. The highest BCUT2D eigenvalue weighted by Gasteiger charge is 1.83. The van der Waals surface area contributed by atoms with Crippen LogP contribution in [0.5, 0.6) is 0 Å². The number of hydrogen-bond acceptors (Lipinski definition) is 0. The SMILES string of the molecule is C1=CCCC/C=C\CCCC=C1. The first-order valence-corrected chi connectivity index (χ1v) is 4.97. The molecule has 0 nitrogen and oxygen atoms in total. The molecule has 1 aliphatic carbocycles. The molecule has 0 aliphatic heterocycles. The molecule has 0 bridgehead atoms. The molecule has 0 unspecified atom stereocenters. The fourth-order valence-electron chi connectivity index (χ4n) is 1.29. The number of rotatable bonds is 0. The van der Waals surface area contributed by atoms with Crippen LogP contribution in [0, 0.1) is 0 Å². The lowest BCUT2D eigenvalue weighted by Crippen LogP contribution is -1.73. The lowest BCUT2D eigenvalue weighted by molar-refractivity contribution is 0.838. The summed E-state index contributed by atoms with van der Waals surface area (Å²) in [4.78, 5) is 0. The molecule has 0 N–H and O–H groups in total. The van der Waals surface area contributed by atoms with Gasteiger partial charge in [-0.3, -0.25) is 0 Å². The van der Waals surface area contributed by atoms with Gasteiger partial charge in [-0.05, 0) is 38.5 Å². The Morgan fingerprint density at radius 2 is 0.917 bits per heavy atom. The summed E-state index contributed by atoms with van der Waals surface area (Å²) >= 11 is 0. The van der Waals surface area contributed by atoms with Crippen LogP contribution in [-0.2, 0) is 0 Å². The van der Waals surface area contributed by atoms with Gasteiger partial charge in [0.05, 0.1) is 0 Å². The Hall–Kier alpha value is -0.780. The van der Waals surface area contributed by atoms with Gasteiger partial charge in [-0.15, -0.1) is 0 Å². The molecule has 0 heteroatoms. The highest BCUT2D eigenvalue weighted by Crippen LogP contribution is 2.03. The van der Waals surface area contributed by atoms with E-state index in [1.54, 1.807) is 0 Å². The zero-order valence-electron chi connectivity index (χ0n) is 7.71. The zero-order valence-corrected chi connectivity index (χ0v) is 7.71. The van der Waals surface area contributed by atoms with Crippen LogP contribution in [-0.4, -0.2) is 0 Å². The molecule has 0 spiro atoms. The van der Waals surface area contributed by atoms with Crippen LogP contribution < -0.4 is 0 Å². The Labute approximate surface area is 75.7 Å². The predicted molar refractivity (Wildman–Crippen MR) is 55.1 cm³/mol. The van der Waals surface area contributed by atoms with E-state index in [1.807, 2.05) is 0 Å². The molecule has 1 aliphatic rings. The van der Waals surface area contributed by atoms with Crippen LogP contribution in [0.4, 0.5) is 0 Å². The third-order valence-corrected chi connectivity index (χ3v) is 2.03. The molecule has 0 radical (unpaired) electrons. The summed E-state index contributed by atoms with van der Waals surface area (Å²) in [6.07, 6.45) is 21.0. The van der Waals surface area contributed by atoms with Gasteiger partial charge in [-0.1, -0.05) is 36.5 Å². The van der Waals surface area contributed by atoms with Gasteiger partial charge in [0.1, 0.15) is 0 Å². The topological polar surface area (TPSA) is 0 Å².